The number of benzene rings is 2. The van der Waals surface area contributed by atoms with E-state index < -0.39 is 5.56 Å². The van der Waals surface area contributed by atoms with E-state index in [1.807, 2.05) is 6.07 Å². The number of anilines is 1. The first-order chi connectivity index (χ1) is 11.7. The Bertz CT molecular complexity index is 939. The van der Waals surface area contributed by atoms with E-state index in [0.717, 1.165) is 0 Å². The van der Waals surface area contributed by atoms with Crippen LogP contribution < -0.4 is 11.0 Å². The first kappa shape index (κ1) is 15.8. The summed E-state index contributed by atoms with van der Waals surface area (Å²) in [6.07, 6.45) is 2.84. The molecule has 0 fully saturated rings. The second-order valence-electron chi connectivity index (χ2n) is 4.85. The second kappa shape index (κ2) is 6.97. The van der Waals surface area contributed by atoms with Crippen LogP contribution >= 0.6 is 11.6 Å². The zero-order valence-electron chi connectivity index (χ0n) is 12.4. The van der Waals surface area contributed by atoms with Crippen LogP contribution in [0.5, 0.6) is 5.75 Å². The summed E-state index contributed by atoms with van der Waals surface area (Å²) in [5.41, 5.74) is 3.64. The Morgan fingerprint density at radius 3 is 2.58 bits per heavy atom. The molecule has 6 nitrogen and oxygen atoms in total. The molecule has 3 rings (SSSR count). The lowest BCUT2D eigenvalue weighted by molar-refractivity contribution is 0.474. The average Bonchev–Trinajstić information content (AvgIpc) is 2.61. The number of phenolic OH excluding ortho intramolecular Hbond substituents is 1. The average molecular weight is 341 g/mol. The third-order valence-electron chi connectivity index (χ3n) is 3.25. The van der Waals surface area contributed by atoms with E-state index >= 15 is 0 Å². The molecule has 2 aromatic carbocycles. The monoisotopic (exact) mass is 340 g/mol. The molecule has 0 unspecified atom stereocenters. The smallest absolute Gasteiger partial charge is 0.292 e. The molecule has 3 aromatic rings. The molecule has 0 atom stereocenters. The highest BCUT2D eigenvalue weighted by atomic mass is 35.5. The van der Waals surface area contributed by atoms with Crippen LogP contribution in [0.15, 0.2) is 70.7 Å². The maximum absolute atomic E-state index is 12.3. The van der Waals surface area contributed by atoms with Gasteiger partial charge in [-0.1, -0.05) is 41.9 Å². The number of nitrogens with zero attached hydrogens (tertiary/aromatic N) is 3. The van der Waals surface area contributed by atoms with E-state index in [2.05, 4.69) is 15.6 Å². The number of hydrogen-bond donors (Lipinski definition) is 2. The van der Waals surface area contributed by atoms with Gasteiger partial charge in [0, 0.05) is 5.56 Å². The minimum absolute atomic E-state index is 0.0247. The summed E-state index contributed by atoms with van der Waals surface area (Å²) in [6, 6.07) is 15.7. The molecule has 0 aliphatic heterocycles. The van der Waals surface area contributed by atoms with Crippen LogP contribution in [-0.4, -0.2) is 21.1 Å². The van der Waals surface area contributed by atoms with Crippen molar-refractivity contribution in [1.82, 2.24) is 9.78 Å². The zero-order chi connectivity index (χ0) is 16.9. The number of aromatic hydroxyl groups is 1. The van der Waals surface area contributed by atoms with Crippen molar-refractivity contribution in [1.29, 1.82) is 0 Å². The van der Waals surface area contributed by atoms with Crippen molar-refractivity contribution in [3.63, 3.8) is 0 Å². The molecular weight excluding hydrogens is 328 g/mol. The van der Waals surface area contributed by atoms with Crippen molar-refractivity contribution in [2.45, 2.75) is 0 Å². The minimum atomic E-state index is -0.453. The van der Waals surface area contributed by atoms with Crippen molar-refractivity contribution in [2.75, 3.05) is 5.43 Å². The van der Waals surface area contributed by atoms with Gasteiger partial charge in [-0.05, 0) is 24.3 Å². The van der Waals surface area contributed by atoms with E-state index in [4.69, 9.17) is 11.6 Å². The normalized spacial score (nSPS) is 10.9. The molecule has 0 amide bonds. The van der Waals surface area contributed by atoms with Gasteiger partial charge in [0.1, 0.15) is 16.5 Å². The van der Waals surface area contributed by atoms with Crippen LogP contribution in [0.3, 0.4) is 0 Å². The van der Waals surface area contributed by atoms with E-state index in [0.29, 0.717) is 11.3 Å². The Balaban J connectivity index is 1.84. The van der Waals surface area contributed by atoms with Crippen LogP contribution in [0.4, 0.5) is 5.69 Å². The lowest BCUT2D eigenvalue weighted by Crippen LogP contribution is -2.22. The number of hydrogen-bond acceptors (Lipinski definition) is 5. The fourth-order valence-electron chi connectivity index (χ4n) is 2.03. The van der Waals surface area contributed by atoms with E-state index in [9.17, 15) is 9.90 Å². The number of rotatable bonds is 4. The molecule has 24 heavy (non-hydrogen) atoms. The molecule has 1 aromatic heterocycles. The van der Waals surface area contributed by atoms with E-state index in [-0.39, 0.29) is 16.5 Å². The largest absolute Gasteiger partial charge is 0.507 e. The van der Waals surface area contributed by atoms with E-state index in [1.54, 1.807) is 48.5 Å². The van der Waals surface area contributed by atoms with Crippen LogP contribution in [0, 0.1) is 0 Å². The van der Waals surface area contributed by atoms with Gasteiger partial charge in [-0.15, -0.1) is 0 Å². The number of para-hydroxylation sites is 2. The summed E-state index contributed by atoms with van der Waals surface area (Å²) in [6.45, 7) is 0. The van der Waals surface area contributed by atoms with Gasteiger partial charge in [-0.3, -0.25) is 10.2 Å². The van der Waals surface area contributed by atoms with Gasteiger partial charge in [0.2, 0.25) is 0 Å². The molecule has 7 heteroatoms. The number of aromatic nitrogens is 2. The third kappa shape index (κ3) is 3.28. The number of nitrogens with one attached hydrogen (secondary N) is 1. The van der Waals surface area contributed by atoms with Crippen molar-refractivity contribution < 1.29 is 5.11 Å². The van der Waals surface area contributed by atoms with Crippen molar-refractivity contribution >= 4 is 23.5 Å². The molecule has 0 radical (unpaired) electrons. The molecule has 0 spiro atoms. The Labute approximate surface area is 142 Å². The Morgan fingerprint density at radius 1 is 1.12 bits per heavy atom. The maximum Gasteiger partial charge on any atom is 0.292 e. The number of halogens is 1. The molecule has 1 heterocycles. The molecule has 0 aliphatic rings. The number of phenols is 1. The summed E-state index contributed by atoms with van der Waals surface area (Å²) in [4.78, 5) is 12.3. The van der Waals surface area contributed by atoms with Crippen LogP contribution in [-0.2, 0) is 0 Å². The summed E-state index contributed by atoms with van der Waals surface area (Å²) in [5, 5.41) is 17.7. The minimum Gasteiger partial charge on any atom is -0.507 e. The highest BCUT2D eigenvalue weighted by molar-refractivity contribution is 6.32. The fourth-order valence-corrected chi connectivity index (χ4v) is 2.20. The van der Waals surface area contributed by atoms with Gasteiger partial charge in [-0.25, -0.2) is 0 Å². The summed E-state index contributed by atoms with van der Waals surface area (Å²) in [7, 11) is 0. The lowest BCUT2D eigenvalue weighted by Gasteiger charge is -2.07. The summed E-state index contributed by atoms with van der Waals surface area (Å²) >= 11 is 6.10. The SMILES string of the molecule is O=c1c(Cl)c(N/N=C\c2ccccc2O)cnn1-c1ccccc1. The molecule has 0 saturated carbocycles. The highest BCUT2D eigenvalue weighted by Crippen LogP contribution is 2.17. The third-order valence-corrected chi connectivity index (χ3v) is 3.61. The van der Waals surface area contributed by atoms with E-state index in [1.165, 1.54) is 17.1 Å². The van der Waals surface area contributed by atoms with Crippen LogP contribution in [0.2, 0.25) is 5.02 Å². The predicted molar refractivity (Wildman–Crippen MR) is 94.2 cm³/mol. The van der Waals surface area contributed by atoms with Crippen molar-refractivity contribution in [3.05, 3.63) is 81.7 Å². The zero-order valence-corrected chi connectivity index (χ0v) is 13.2. The predicted octanol–water partition coefficient (Wildman–Crippen LogP) is 3.04. The summed E-state index contributed by atoms with van der Waals surface area (Å²) < 4.78 is 1.21. The van der Waals surface area contributed by atoms with Gasteiger partial charge in [-0.2, -0.15) is 14.9 Å². The van der Waals surface area contributed by atoms with Gasteiger partial charge in [0.05, 0.1) is 18.1 Å². The molecule has 2 N–H and O–H groups in total. The number of hydrazone groups is 1. The van der Waals surface area contributed by atoms with Crippen LogP contribution in [0.1, 0.15) is 5.56 Å². The topological polar surface area (TPSA) is 79.5 Å². The van der Waals surface area contributed by atoms with Gasteiger partial charge < -0.3 is 5.11 Å². The quantitative estimate of drug-likeness (QED) is 0.565. The second-order valence-corrected chi connectivity index (χ2v) is 5.23. The Morgan fingerprint density at radius 2 is 1.83 bits per heavy atom. The lowest BCUT2D eigenvalue weighted by atomic mass is 10.2. The van der Waals surface area contributed by atoms with Gasteiger partial charge in [0.25, 0.3) is 5.56 Å². The standard InChI is InChI=1S/C17H13ClN4O2/c18-16-14(21-19-10-12-6-4-5-9-15(12)23)11-20-22(17(16)24)13-7-2-1-3-8-13/h1-11,21,23H/b19-10-. The highest BCUT2D eigenvalue weighted by Gasteiger charge is 2.09. The molecular formula is C17H13ClN4O2. The first-order valence-corrected chi connectivity index (χ1v) is 7.45. The molecule has 0 bridgehead atoms. The molecule has 0 saturated heterocycles. The molecule has 120 valence electrons. The fraction of sp³-hybridized carbons (Fsp3) is 0. The van der Waals surface area contributed by atoms with Crippen molar-refractivity contribution in [3.8, 4) is 11.4 Å². The molecule has 0 aliphatic carbocycles. The first-order valence-electron chi connectivity index (χ1n) is 7.07. The van der Waals surface area contributed by atoms with Gasteiger partial charge >= 0.3 is 0 Å². The summed E-state index contributed by atoms with van der Waals surface area (Å²) in [5.74, 6) is 0.103. The maximum atomic E-state index is 12.3. The van der Waals surface area contributed by atoms with Gasteiger partial charge in [0.15, 0.2) is 0 Å². The Kier molecular flexibility index (Phi) is 4.58. The van der Waals surface area contributed by atoms with Crippen molar-refractivity contribution in [2.24, 2.45) is 5.10 Å². The Hall–Kier alpha value is -3.12. The van der Waals surface area contributed by atoms with Crippen LogP contribution in [0.25, 0.3) is 5.69 Å².